The van der Waals surface area contributed by atoms with Gasteiger partial charge >= 0.3 is 0 Å². The lowest BCUT2D eigenvalue weighted by molar-refractivity contribution is 0.0747. The number of nitrogens with one attached hydrogen (secondary N) is 1. The van der Waals surface area contributed by atoms with Gasteiger partial charge in [-0.1, -0.05) is 5.16 Å². The fourth-order valence-corrected chi connectivity index (χ4v) is 1.46. The van der Waals surface area contributed by atoms with Gasteiger partial charge in [0.05, 0.1) is 0 Å². The molecule has 1 heterocycles. The summed E-state index contributed by atoms with van der Waals surface area (Å²) in [4.78, 5) is 27.0. The molecule has 0 fully saturated rings. The lowest BCUT2D eigenvalue weighted by Crippen LogP contribution is -2.38. The quantitative estimate of drug-likeness (QED) is 0.302. The molecule has 0 saturated heterocycles. The molecule has 98 valence electrons. The largest absolute Gasteiger partial charge is 0.409 e. The summed E-state index contributed by atoms with van der Waals surface area (Å²) < 4.78 is 0. The predicted octanol–water partition coefficient (Wildman–Crippen LogP) is -0.0281. The smallest absolute Gasteiger partial charge is 0.254 e. The van der Waals surface area contributed by atoms with E-state index in [0.29, 0.717) is 5.56 Å². The molecule has 1 amide bonds. The molecule has 1 rings (SSSR count). The summed E-state index contributed by atoms with van der Waals surface area (Å²) in [7, 11) is 1.60. The Morgan fingerprint density at radius 1 is 1.67 bits per heavy atom. The maximum atomic E-state index is 12.0. The first-order valence-electron chi connectivity index (χ1n) is 5.38. The number of nitrogens with zero attached hydrogens (tertiary/aromatic N) is 2. The van der Waals surface area contributed by atoms with Crippen molar-refractivity contribution in [3.63, 3.8) is 0 Å². The molecule has 0 aliphatic rings. The van der Waals surface area contributed by atoms with Crippen molar-refractivity contribution in [3.05, 3.63) is 34.2 Å². The number of hydrogen-bond donors (Lipinski definition) is 3. The number of amidine groups is 1. The van der Waals surface area contributed by atoms with Gasteiger partial charge in [0, 0.05) is 37.3 Å². The lowest BCUT2D eigenvalue weighted by atomic mass is 10.1. The second-order valence-corrected chi connectivity index (χ2v) is 4.00. The zero-order valence-electron chi connectivity index (χ0n) is 10.3. The predicted molar refractivity (Wildman–Crippen MR) is 66.6 cm³/mol. The van der Waals surface area contributed by atoms with Gasteiger partial charge in [-0.25, -0.2) is 0 Å². The number of H-pyrrole nitrogens is 1. The number of carbonyl (C=O) groups is 1. The van der Waals surface area contributed by atoms with E-state index in [9.17, 15) is 9.59 Å². The van der Waals surface area contributed by atoms with Crippen molar-refractivity contribution in [1.82, 2.24) is 9.88 Å². The Morgan fingerprint density at radius 3 is 2.89 bits per heavy atom. The van der Waals surface area contributed by atoms with E-state index in [1.807, 2.05) is 0 Å². The van der Waals surface area contributed by atoms with Crippen molar-refractivity contribution >= 4 is 11.7 Å². The zero-order chi connectivity index (χ0) is 13.7. The molecular weight excluding hydrogens is 236 g/mol. The fourth-order valence-electron chi connectivity index (χ4n) is 1.46. The van der Waals surface area contributed by atoms with Crippen LogP contribution < -0.4 is 11.3 Å². The van der Waals surface area contributed by atoms with E-state index in [2.05, 4.69) is 10.1 Å². The van der Waals surface area contributed by atoms with Gasteiger partial charge < -0.3 is 20.8 Å². The number of aromatic nitrogens is 1. The molecule has 0 radical (unpaired) electrons. The van der Waals surface area contributed by atoms with Crippen LogP contribution in [0.1, 0.15) is 23.7 Å². The Hall–Kier alpha value is -2.31. The van der Waals surface area contributed by atoms with E-state index in [1.165, 1.54) is 23.2 Å². The molecule has 0 aliphatic heterocycles. The summed E-state index contributed by atoms with van der Waals surface area (Å²) in [6.45, 7) is 1.77. The third-order valence-electron chi connectivity index (χ3n) is 2.64. The van der Waals surface area contributed by atoms with Crippen LogP contribution >= 0.6 is 0 Å². The Labute approximate surface area is 104 Å². The van der Waals surface area contributed by atoms with E-state index >= 15 is 0 Å². The van der Waals surface area contributed by atoms with Crippen molar-refractivity contribution < 1.29 is 10.0 Å². The monoisotopic (exact) mass is 252 g/mol. The molecule has 0 bridgehead atoms. The Bertz CT molecular complexity index is 509. The second-order valence-electron chi connectivity index (χ2n) is 4.00. The van der Waals surface area contributed by atoms with Crippen molar-refractivity contribution in [2.24, 2.45) is 10.9 Å². The molecule has 0 aromatic carbocycles. The van der Waals surface area contributed by atoms with Crippen LogP contribution in [-0.2, 0) is 0 Å². The SMILES string of the molecule is CC(C/C(N)=N/O)N(C)C(=O)c1cc[nH]c(=O)c1. The number of rotatable bonds is 4. The maximum Gasteiger partial charge on any atom is 0.254 e. The highest BCUT2D eigenvalue weighted by molar-refractivity contribution is 5.94. The molecule has 1 unspecified atom stereocenters. The minimum atomic E-state index is -0.335. The van der Waals surface area contributed by atoms with Gasteiger partial charge in [-0.3, -0.25) is 9.59 Å². The van der Waals surface area contributed by atoms with Gasteiger partial charge in [-0.05, 0) is 13.0 Å². The van der Waals surface area contributed by atoms with Crippen molar-refractivity contribution in [1.29, 1.82) is 0 Å². The van der Waals surface area contributed by atoms with Crippen LogP contribution in [0.25, 0.3) is 0 Å². The van der Waals surface area contributed by atoms with Gasteiger partial charge in [-0.2, -0.15) is 0 Å². The average Bonchev–Trinajstić information content (AvgIpc) is 2.36. The highest BCUT2D eigenvalue weighted by Crippen LogP contribution is 2.07. The standard InChI is InChI=1S/C11H16N4O3/c1-7(5-9(12)14-18)15(2)11(17)8-3-4-13-10(16)6-8/h3-4,6-7,18H,5H2,1-2H3,(H2,12,14)(H,13,16). The van der Waals surface area contributed by atoms with Gasteiger partial charge in [0.1, 0.15) is 5.84 Å². The Kier molecular flexibility index (Phi) is 4.47. The normalized spacial score (nSPS) is 13.1. The van der Waals surface area contributed by atoms with Crippen LogP contribution in [0.4, 0.5) is 0 Å². The summed E-state index contributed by atoms with van der Waals surface area (Å²) in [6.07, 6.45) is 1.67. The third-order valence-corrected chi connectivity index (χ3v) is 2.64. The van der Waals surface area contributed by atoms with Crippen LogP contribution in [0.15, 0.2) is 28.3 Å². The number of aromatic amines is 1. The summed E-state index contributed by atoms with van der Waals surface area (Å²) in [5, 5.41) is 11.3. The van der Waals surface area contributed by atoms with Crippen LogP contribution in [0.5, 0.6) is 0 Å². The van der Waals surface area contributed by atoms with Gasteiger partial charge in [0.2, 0.25) is 5.56 Å². The molecule has 1 atom stereocenters. The molecule has 0 aliphatic carbocycles. The summed E-state index contributed by atoms with van der Waals surface area (Å²) in [5.41, 5.74) is 5.35. The van der Waals surface area contributed by atoms with Crippen molar-refractivity contribution in [2.45, 2.75) is 19.4 Å². The van der Waals surface area contributed by atoms with Gasteiger partial charge in [0.15, 0.2) is 0 Å². The summed E-state index contributed by atoms with van der Waals surface area (Å²) >= 11 is 0. The molecular formula is C11H16N4O3. The minimum absolute atomic E-state index is 0.0491. The van der Waals surface area contributed by atoms with E-state index in [0.717, 1.165) is 0 Å². The maximum absolute atomic E-state index is 12.0. The number of amides is 1. The summed E-state index contributed by atoms with van der Waals surface area (Å²) in [5.74, 6) is -0.243. The third kappa shape index (κ3) is 3.34. The van der Waals surface area contributed by atoms with Crippen LogP contribution in [-0.4, -0.2) is 39.9 Å². The van der Waals surface area contributed by atoms with Crippen molar-refractivity contribution in [3.8, 4) is 0 Å². The molecule has 7 nitrogen and oxygen atoms in total. The molecule has 4 N–H and O–H groups in total. The van der Waals surface area contributed by atoms with Gasteiger partial charge in [0.25, 0.3) is 5.91 Å². The average molecular weight is 252 g/mol. The van der Waals surface area contributed by atoms with E-state index in [4.69, 9.17) is 10.9 Å². The van der Waals surface area contributed by atoms with Crippen LogP contribution in [0, 0.1) is 0 Å². The van der Waals surface area contributed by atoms with E-state index in [-0.39, 0.29) is 29.8 Å². The lowest BCUT2D eigenvalue weighted by Gasteiger charge is -2.24. The van der Waals surface area contributed by atoms with E-state index < -0.39 is 0 Å². The van der Waals surface area contributed by atoms with Crippen LogP contribution in [0.3, 0.4) is 0 Å². The fraction of sp³-hybridized carbons (Fsp3) is 0.364. The highest BCUT2D eigenvalue weighted by atomic mass is 16.4. The highest BCUT2D eigenvalue weighted by Gasteiger charge is 2.18. The van der Waals surface area contributed by atoms with Gasteiger partial charge in [-0.15, -0.1) is 0 Å². The molecule has 0 spiro atoms. The Morgan fingerprint density at radius 2 is 2.33 bits per heavy atom. The van der Waals surface area contributed by atoms with Crippen molar-refractivity contribution in [2.75, 3.05) is 7.05 Å². The first-order valence-corrected chi connectivity index (χ1v) is 5.38. The molecule has 18 heavy (non-hydrogen) atoms. The topological polar surface area (TPSA) is 112 Å². The number of nitrogens with two attached hydrogens (primary N) is 1. The number of hydrogen-bond acceptors (Lipinski definition) is 4. The minimum Gasteiger partial charge on any atom is -0.409 e. The molecule has 1 aromatic heterocycles. The first-order chi connectivity index (χ1) is 8.45. The first kappa shape index (κ1) is 13.8. The Balaban J connectivity index is 2.81. The number of carbonyl (C=O) groups excluding carboxylic acids is 1. The molecule has 1 aromatic rings. The summed E-state index contributed by atoms with van der Waals surface area (Å²) in [6, 6.07) is 2.51. The second kappa shape index (κ2) is 5.85. The van der Waals surface area contributed by atoms with E-state index in [1.54, 1.807) is 14.0 Å². The molecule has 7 heteroatoms. The zero-order valence-corrected chi connectivity index (χ0v) is 10.3. The van der Waals surface area contributed by atoms with Crippen LogP contribution in [0.2, 0.25) is 0 Å². The number of pyridine rings is 1. The molecule has 0 saturated carbocycles. The number of oxime groups is 1.